The highest BCUT2D eigenvalue weighted by molar-refractivity contribution is 8.01. The van der Waals surface area contributed by atoms with E-state index in [0.29, 0.717) is 29.5 Å². The van der Waals surface area contributed by atoms with Crippen molar-refractivity contribution >= 4 is 29.3 Å². The minimum atomic E-state index is -0.159. The number of nitrogens with one attached hydrogen (secondary N) is 2. The second kappa shape index (κ2) is 8.22. The second-order valence-corrected chi connectivity index (χ2v) is 8.40. The van der Waals surface area contributed by atoms with Crippen LogP contribution in [0.15, 0.2) is 24.3 Å². The Morgan fingerprint density at radius 2 is 1.82 bits per heavy atom. The zero-order valence-corrected chi connectivity index (χ0v) is 14.8. The highest BCUT2D eigenvalue weighted by Crippen LogP contribution is 2.23. The van der Waals surface area contributed by atoms with Crippen molar-refractivity contribution in [2.45, 2.75) is 39.4 Å². The summed E-state index contributed by atoms with van der Waals surface area (Å²) in [5.74, 6) is 0.497. The maximum Gasteiger partial charge on any atom is 0.253 e. The molecular formula is C17H26N2O2S. The third kappa shape index (κ3) is 6.98. The van der Waals surface area contributed by atoms with Crippen molar-refractivity contribution in [2.24, 2.45) is 5.92 Å². The van der Waals surface area contributed by atoms with Crippen molar-refractivity contribution in [3.05, 3.63) is 29.8 Å². The average Bonchev–Trinajstić information content (AvgIpc) is 2.42. The molecule has 0 aromatic heterocycles. The van der Waals surface area contributed by atoms with Gasteiger partial charge in [-0.3, -0.25) is 9.59 Å². The standard InChI is InChI=1S/C17H26N2O2S/c1-12(2)10-18-16(21)13-8-6-7-9-14(13)19-15(20)11-22-17(3,4)5/h6-9,12H,10-11H2,1-5H3,(H,18,21)(H,19,20). The number of thioether (sulfide) groups is 1. The lowest BCUT2D eigenvalue weighted by molar-refractivity contribution is -0.113. The van der Waals surface area contributed by atoms with Crippen LogP contribution in [0.5, 0.6) is 0 Å². The van der Waals surface area contributed by atoms with Gasteiger partial charge in [-0.15, -0.1) is 11.8 Å². The number of hydrogen-bond donors (Lipinski definition) is 2. The number of rotatable bonds is 6. The SMILES string of the molecule is CC(C)CNC(=O)c1ccccc1NC(=O)CSC(C)(C)C. The van der Waals surface area contributed by atoms with Gasteiger partial charge >= 0.3 is 0 Å². The van der Waals surface area contributed by atoms with Crippen LogP contribution in [0.3, 0.4) is 0 Å². The van der Waals surface area contributed by atoms with E-state index in [0.717, 1.165) is 0 Å². The summed E-state index contributed by atoms with van der Waals surface area (Å²) in [6.07, 6.45) is 0. The number of amides is 2. The number of para-hydroxylation sites is 1. The third-order valence-electron chi connectivity index (χ3n) is 2.75. The Balaban J connectivity index is 2.71. The summed E-state index contributed by atoms with van der Waals surface area (Å²) in [7, 11) is 0. The number of carbonyl (C=O) groups excluding carboxylic acids is 2. The van der Waals surface area contributed by atoms with Crippen molar-refractivity contribution in [2.75, 3.05) is 17.6 Å². The molecule has 22 heavy (non-hydrogen) atoms. The molecule has 0 saturated heterocycles. The fraction of sp³-hybridized carbons (Fsp3) is 0.529. The minimum absolute atomic E-state index is 0.0332. The number of hydrogen-bond acceptors (Lipinski definition) is 3. The first-order valence-corrected chi connectivity index (χ1v) is 8.48. The first kappa shape index (κ1) is 18.6. The Morgan fingerprint density at radius 3 is 2.41 bits per heavy atom. The smallest absolute Gasteiger partial charge is 0.253 e. The van der Waals surface area contributed by atoms with E-state index < -0.39 is 0 Å². The van der Waals surface area contributed by atoms with Crippen LogP contribution in [0.25, 0.3) is 0 Å². The number of anilines is 1. The molecule has 0 aliphatic rings. The predicted octanol–water partition coefficient (Wildman–Crippen LogP) is 3.54. The van der Waals surface area contributed by atoms with Gasteiger partial charge in [-0.25, -0.2) is 0 Å². The molecule has 4 nitrogen and oxygen atoms in total. The molecule has 0 unspecified atom stereocenters. The summed E-state index contributed by atoms with van der Waals surface area (Å²) in [6, 6.07) is 7.09. The van der Waals surface area contributed by atoms with Gasteiger partial charge in [-0.1, -0.05) is 46.8 Å². The quantitative estimate of drug-likeness (QED) is 0.842. The van der Waals surface area contributed by atoms with Crippen LogP contribution in [0, 0.1) is 5.92 Å². The molecule has 1 aromatic rings. The van der Waals surface area contributed by atoms with Crippen molar-refractivity contribution in [3.8, 4) is 0 Å². The topological polar surface area (TPSA) is 58.2 Å². The van der Waals surface area contributed by atoms with Crippen LogP contribution in [0.4, 0.5) is 5.69 Å². The van der Waals surface area contributed by atoms with Crippen LogP contribution < -0.4 is 10.6 Å². The van der Waals surface area contributed by atoms with Crippen LogP contribution >= 0.6 is 11.8 Å². The van der Waals surface area contributed by atoms with E-state index in [1.165, 1.54) is 0 Å². The van der Waals surface area contributed by atoms with Crippen molar-refractivity contribution in [1.29, 1.82) is 0 Å². The maximum absolute atomic E-state index is 12.2. The molecule has 2 N–H and O–H groups in total. The molecule has 1 aromatic carbocycles. The summed E-state index contributed by atoms with van der Waals surface area (Å²) in [5, 5.41) is 5.70. The molecule has 0 atom stereocenters. The summed E-state index contributed by atoms with van der Waals surface area (Å²) in [5.41, 5.74) is 1.06. The van der Waals surface area contributed by atoms with Gasteiger partial charge in [0.05, 0.1) is 17.0 Å². The number of carbonyl (C=O) groups is 2. The molecule has 0 heterocycles. The molecule has 5 heteroatoms. The predicted molar refractivity (Wildman–Crippen MR) is 94.5 cm³/mol. The van der Waals surface area contributed by atoms with E-state index in [9.17, 15) is 9.59 Å². The minimum Gasteiger partial charge on any atom is -0.352 e. The zero-order valence-electron chi connectivity index (χ0n) is 14.0. The molecule has 122 valence electrons. The van der Waals surface area contributed by atoms with Crippen molar-refractivity contribution in [3.63, 3.8) is 0 Å². The van der Waals surface area contributed by atoms with E-state index in [1.54, 1.807) is 30.0 Å². The third-order valence-corrected chi connectivity index (χ3v) is 4.03. The first-order chi connectivity index (χ1) is 10.2. The fourth-order valence-corrected chi connectivity index (χ4v) is 2.29. The molecule has 0 aliphatic heterocycles. The van der Waals surface area contributed by atoms with Gasteiger partial charge in [0.2, 0.25) is 5.91 Å². The molecule has 0 spiro atoms. The lowest BCUT2D eigenvalue weighted by Crippen LogP contribution is -2.28. The molecule has 0 saturated carbocycles. The Kier molecular flexibility index (Phi) is 6.94. The molecular weight excluding hydrogens is 296 g/mol. The van der Waals surface area contributed by atoms with Crippen LogP contribution in [0.1, 0.15) is 45.0 Å². The van der Waals surface area contributed by atoms with E-state index in [4.69, 9.17) is 0 Å². The van der Waals surface area contributed by atoms with Gasteiger partial charge in [0.25, 0.3) is 5.91 Å². The van der Waals surface area contributed by atoms with E-state index in [2.05, 4.69) is 31.4 Å². The maximum atomic E-state index is 12.2. The zero-order chi connectivity index (χ0) is 16.8. The monoisotopic (exact) mass is 322 g/mol. The average molecular weight is 322 g/mol. The highest BCUT2D eigenvalue weighted by Gasteiger charge is 2.16. The Hall–Kier alpha value is -1.49. The highest BCUT2D eigenvalue weighted by atomic mass is 32.2. The Morgan fingerprint density at radius 1 is 1.18 bits per heavy atom. The normalized spacial score (nSPS) is 11.4. The molecule has 0 bridgehead atoms. The van der Waals surface area contributed by atoms with E-state index in [1.807, 2.05) is 19.9 Å². The fourth-order valence-electron chi connectivity index (χ4n) is 1.65. The van der Waals surface area contributed by atoms with Crippen molar-refractivity contribution in [1.82, 2.24) is 5.32 Å². The molecule has 1 rings (SSSR count). The van der Waals surface area contributed by atoms with Crippen LogP contribution in [-0.2, 0) is 4.79 Å². The lowest BCUT2D eigenvalue weighted by Gasteiger charge is -2.17. The Bertz CT molecular complexity index is 522. The largest absolute Gasteiger partial charge is 0.352 e. The van der Waals surface area contributed by atoms with Gasteiger partial charge in [0.15, 0.2) is 0 Å². The molecule has 0 radical (unpaired) electrons. The first-order valence-electron chi connectivity index (χ1n) is 7.50. The van der Waals surface area contributed by atoms with Crippen LogP contribution in [0.2, 0.25) is 0 Å². The molecule has 0 aliphatic carbocycles. The Labute approximate surface area is 137 Å². The van der Waals surface area contributed by atoms with Crippen LogP contribution in [-0.4, -0.2) is 28.9 Å². The molecule has 2 amide bonds. The summed E-state index contributed by atoms with van der Waals surface area (Å²) in [6.45, 7) is 10.9. The lowest BCUT2D eigenvalue weighted by atomic mass is 10.1. The summed E-state index contributed by atoms with van der Waals surface area (Å²) < 4.78 is 0.0332. The van der Waals surface area contributed by atoms with Gasteiger partial charge in [-0.2, -0.15) is 0 Å². The number of benzene rings is 1. The van der Waals surface area contributed by atoms with Gasteiger partial charge < -0.3 is 10.6 Å². The van der Waals surface area contributed by atoms with Gasteiger partial charge in [-0.05, 0) is 18.1 Å². The van der Waals surface area contributed by atoms with E-state index in [-0.39, 0.29) is 16.6 Å². The van der Waals surface area contributed by atoms with Crippen molar-refractivity contribution < 1.29 is 9.59 Å². The summed E-state index contributed by atoms with van der Waals surface area (Å²) >= 11 is 1.58. The molecule has 0 fully saturated rings. The van der Waals surface area contributed by atoms with E-state index >= 15 is 0 Å². The van der Waals surface area contributed by atoms with Gasteiger partial charge in [0.1, 0.15) is 0 Å². The summed E-state index contributed by atoms with van der Waals surface area (Å²) in [4.78, 5) is 24.2. The van der Waals surface area contributed by atoms with Gasteiger partial charge in [0, 0.05) is 11.3 Å². The second-order valence-electron chi connectivity index (χ2n) is 6.60.